The van der Waals surface area contributed by atoms with E-state index < -0.39 is 5.54 Å². The average Bonchev–Trinajstić information content (AvgIpc) is 2.36. The van der Waals surface area contributed by atoms with E-state index in [0.717, 1.165) is 12.3 Å². The molecule has 0 spiro atoms. The summed E-state index contributed by atoms with van der Waals surface area (Å²) in [6.45, 7) is 8.63. The number of amides is 1. The van der Waals surface area contributed by atoms with Gasteiger partial charge in [0.05, 0.1) is 6.54 Å². The van der Waals surface area contributed by atoms with Crippen LogP contribution in [0.4, 0.5) is 0 Å². The maximum absolute atomic E-state index is 12.6. The van der Waals surface area contributed by atoms with Crippen LogP contribution in [0.1, 0.15) is 34.1 Å². The summed E-state index contributed by atoms with van der Waals surface area (Å²) >= 11 is 5.98. The van der Waals surface area contributed by atoms with Gasteiger partial charge in [-0.3, -0.25) is 9.79 Å². The van der Waals surface area contributed by atoms with Crippen LogP contribution in [0, 0.1) is 0 Å². The number of piperazine rings is 1. The smallest absolute Gasteiger partial charge is 0.245 e. The second-order valence-electron chi connectivity index (χ2n) is 5.62. The Kier molecular flexibility index (Phi) is 3.60. The van der Waals surface area contributed by atoms with Gasteiger partial charge in [-0.1, -0.05) is 6.92 Å². The van der Waals surface area contributed by atoms with E-state index in [1.54, 1.807) is 4.90 Å². The van der Waals surface area contributed by atoms with Crippen molar-refractivity contribution in [2.24, 2.45) is 9.98 Å². The van der Waals surface area contributed by atoms with Crippen LogP contribution >= 0.6 is 11.6 Å². The second-order valence-corrected chi connectivity index (χ2v) is 5.95. The van der Waals surface area contributed by atoms with E-state index in [2.05, 4.69) is 28.7 Å². The quantitative estimate of drug-likeness (QED) is 0.725. The topological polar surface area (TPSA) is 48.3 Å². The van der Waals surface area contributed by atoms with Crippen molar-refractivity contribution in [3.05, 3.63) is 0 Å². The lowest BCUT2D eigenvalue weighted by atomic mass is 9.89. The number of carbonyl (C=O) groups is 1. The van der Waals surface area contributed by atoms with Gasteiger partial charge in [0.25, 0.3) is 0 Å². The number of likely N-dealkylation sites (N-methyl/N-ethyl adjacent to an activating group) is 1. The molecule has 0 aromatic carbocycles. The van der Waals surface area contributed by atoms with Gasteiger partial charge in [0.1, 0.15) is 17.4 Å². The first-order chi connectivity index (χ1) is 8.82. The molecule has 1 fully saturated rings. The van der Waals surface area contributed by atoms with Gasteiger partial charge in [-0.15, -0.1) is 0 Å². The average molecular weight is 285 g/mol. The molecular weight excluding hydrogens is 264 g/mol. The molecule has 106 valence electrons. The predicted octanol–water partition coefficient (Wildman–Crippen LogP) is 1.71. The molecule has 0 saturated carbocycles. The third-order valence-electron chi connectivity index (χ3n) is 4.08. The minimum absolute atomic E-state index is 0.130. The minimum Gasteiger partial charge on any atom is -0.343 e. The summed E-state index contributed by atoms with van der Waals surface area (Å²) in [5, 5.41) is 0.274. The lowest BCUT2D eigenvalue weighted by Gasteiger charge is -2.53. The van der Waals surface area contributed by atoms with Crippen molar-refractivity contribution in [2.75, 3.05) is 13.6 Å². The fourth-order valence-corrected chi connectivity index (χ4v) is 2.97. The van der Waals surface area contributed by atoms with Crippen LogP contribution in [0.2, 0.25) is 0 Å². The summed E-state index contributed by atoms with van der Waals surface area (Å²) in [6, 6.07) is 0.0302. The lowest BCUT2D eigenvalue weighted by molar-refractivity contribution is -0.141. The molecule has 1 amide bonds. The highest BCUT2D eigenvalue weighted by molar-refractivity contribution is 6.66. The van der Waals surface area contributed by atoms with Gasteiger partial charge in [-0.05, 0) is 38.8 Å². The Morgan fingerprint density at radius 2 is 2.16 bits per heavy atom. The molecule has 0 aromatic heterocycles. The first kappa shape index (κ1) is 14.3. The van der Waals surface area contributed by atoms with Gasteiger partial charge in [0.2, 0.25) is 11.2 Å². The van der Waals surface area contributed by atoms with Gasteiger partial charge < -0.3 is 9.80 Å². The van der Waals surface area contributed by atoms with E-state index >= 15 is 0 Å². The number of rotatable bonds is 2. The molecule has 2 atom stereocenters. The maximum Gasteiger partial charge on any atom is 0.245 e. The lowest BCUT2D eigenvalue weighted by Crippen LogP contribution is -2.72. The van der Waals surface area contributed by atoms with Crippen LogP contribution in [0.15, 0.2) is 9.98 Å². The number of aliphatic imine (C=N–C) groups is 2. The molecule has 6 heteroatoms. The number of carbonyl (C=O) groups excluding carboxylic acids is 1. The molecule has 5 nitrogen and oxygen atoms in total. The summed E-state index contributed by atoms with van der Waals surface area (Å²) in [5.74, 6) is 0.988. The largest absolute Gasteiger partial charge is 0.343 e. The first-order valence-electron chi connectivity index (χ1n) is 6.68. The van der Waals surface area contributed by atoms with Gasteiger partial charge in [-0.25, -0.2) is 4.99 Å². The van der Waals surface area contributed by atoms with Crippen LogP contribution in [-0.4, -0.2) is 58.1 Å². The first-order valence-corrected chi connectivity index (χ1v) is 7.05. The van der Waals surface area contributed by atoms with Crippen molar-refractivity contribution in [2.45, 2.75) is 51.7 Å². The molecule has 2 rings (SSSR count). The Morgan fingerprint density at radius 3 is 2.68 bits per heavy atom. The van der Waals surface area contributed by atoms with Crippen LogP contribution in [0.3, 0.4) is 0 Å². The van der Waals surface area contributed by atoms with Crippen molar-refractivity contribution in [3.8, 4) is 0 Å². The third-order valence-corrected chi connectivity index (χ3v) is 4.28. The fourth-order valence-electron chi connectivity index (χ4n) is 2.83. The molecule has 0 aliphatic carbocycles. The number of fused-ring (bicyclic) bond motifs is 1. The predicted molar refractivity (Wildman–Crippen MR) is 77.8 cm³/mol. The zero-order valence-electron chi connectivity index (χ0n) is 12.1. The van der Waals surface area contributed by atoms with Crippen LogP contribution in [-0.2, 0) is 4.79 Å². The molecule has 19 heavy (non-hydrogen) atoms. The zero-order chi connectivity index (χ0) is 14.4. The molecular formula is C13H21ClN4O. The Bertz CT molecular complexity index is 460. The molecule has 0 aromatic rings. The van der Waals surface area contributed by atoms with E-state index in [-0.39, 0.29) is 23.3 Å². The van der Waals surface area contributed by atoms with Crippen molar-refractivity contribution in [1.29, 1.82) is 0 Å². The summed E-state index contributed by atoms with van der Waals surface area (Å²) in [6.07, 6.45) is 0.755. The highest BCUT2D eigenvalue weighted by Crippen LogP contribution is 2.32. The van der Waals surface area contributed by atoms with Crippen LogP contribution in [0.25, 0.3) is 0 Å². The standard InChI is InChI=1S/C13H21ClN4O/c1-6-9-10(19)17(5)13(4)7-15-12(14)16-11(13)18(9)8(2)3/h8-9H,6-7H2,1-5H3. The molecule has 2 heterocycles. The van der Waals surface area contributed by atoms with Gasteiger partial charge in [0.15, 0.2) is 0 Å². The maximum atomic E-state index is 12.6. The van der Waals surface area contributed by atoms with Gasteiger partial charge in [-0.2, -0.15) is 0 Å². The van der Waals surface area contributed by atoms with E-state index in [4.69, 9.17) is 11.6 Å². The Morgan fingerprint density at radius 1 is 1.53 bits per heavy atom. The van der Waals surface area contributed by atoms with Gasteiger partial charge >= 0.3 is 0 Å². The Balaban J connectivity index is 2.55. The van der Waals surface area contributed by atoms with Crippen LogP contribution < -0.4 is 0 Å². The number of hydrogen-bond acceptors (Lipinski definition) is 4. The summed E-state index contributed by atoms with van der Waals surface area (Å²) in [7, 11) is 1.83. The molecule has 2 aliphatic rings. The number of nitrogens with zero attached hydrogens (tertiary/aromatic N) is 4. The third kappa shape index (κ3) is 2.04. The molecule has 0 bridgehead atoms. The summed E-state index contributed by atoms with van der Waals surface area (Å²) in [5.41, 5.74) is -0.495. The van der Waals surface area contributed by atoms with E-state index in [0.29, 0.717) is 6.54 Å². The Labute approximate surface area is 119 Å². The number of amidine groups is 2. The van der Waals surface area contributed by atoms with Crippen molar-refractivity contribution >= 4 is 28.6 Å². The van der Waals surface area contributed by atoms with Crippen molar-refractivity contribution in [1.82, 2.24) is 9.80 Å². The van der Waals surface area contributed by atoms with E-state index in [9.17, 15) is 4.79 Å². The normalized spacial score (nSPS) is 31.3. The molecule has 0 radical (unpaired) electrons. The molecule has 2 aliphatic heterocycles. The van der Waals surface area contributed by atoms with E-state index in [1.165, 1.54) is 0 Å². The second kappa shape index (κ2) is 4.78. The molecule has 1 saturated heterocycles. The highest BCUT2D eigenvalue weighted by atomic mass is 35.5. The van der Waals surface area contributed by atoms with Crippen molar-refractivity contribution < 1.29 is 4.79 Å². The molecule has 0 N–H and O–H groups in total. The summed E-state index contributed by atoms with van der Waals surface area (Å²) < 4.78 is 0. The Hall–Kier alpha value is -1.10. The minimum atomic E-state index is -0.495. The highest BCUT2D eigenvalue weighted by Gasteiger charge is 2.51. The molecule has 2 unspecified atom stereocenters. The SMILES string of the molecule is CCC1C(=O)N(C)C2(C)CN=C(Cl)N=C2N1C(C)C. The monoisotopic (exact) mass is 284 g/mol. The van der Waals surface area contributed by atoms with Gasteiger partial charge in [0, 0.05) is 13.1 Å². The summed E-state index contributed by atoms with van der Waals surface area (Å²) in [4.78, 5) is 25.0. The van der Waals surface area contributed by atoms with E-state index in [1.807, 2.05) is 20.9 Å². The van der Waals surface area contributed by atoms with Crippen molar-refractivity contribution in [3.63, 3.8) is 0 Å². The number of hydrogen-bond donors (Lipinski definition) is 0. The number of halogens is 1. The zero-order valence-corrected chi connectivity index (χ0v) is 12.9. The van der Waals surface area contributed by atoms with Crippen LogP contribution in [0.5, 0.6) is 0 Å². The fraction of sp³-hybridized carbons (Fsp3) is 0.769.